The Bertz CT molecular complexity index is 666. The Morgan fingerprint density at radius 1 is 1.50 bits per heavy atom. The van der Waals surface area contributed by atoms with E-state index >= 15 is 0 Å². The molecule has 1 fully saturated rings. The average molecular weight is 349 g/mol. The van der Waals surface area contributed by atoms with Gasteiger partial charge in [-0.3, -0.25) is 4.79 Å². The zero-order valence-electron chi connectivity index (χ0n) is 12.1. The van der Waals surface area contributed by atoms with Crippen molar-refractivity contribution in [3.8, 4) is 0 Å². The lowest BCUT2D eigenvalue weighted by Gasteiger charge is -2.27. The molecule has 1 aromatic rings. The molecule has 22 heavy (non-hydrogen) atoms. The maximum absolute atomic E-state index is 13.7. The number of amides is 1. The number of hydrogen-bond acceptors (Lipinski definition) is 4. The Labute approximate surface area is 134 Å². The van der Waals surface area contributed by atoms with Crippen LogP contribution in [0.15, 0.2) is 23.1 Å². The molecule has 8 heteroatoms. The lowest BCUT2D eigenvalue weighted by Crippen LogP contribution is -2.50. The van der Waals surface area contributed by atoms with Gasteiger partial charge in [0.1, 0.15) is 6.17 Å². The van der Waals surface area contributed by atoms with Gasteiger partial charge in [0.05, 0.1) is 27.3 Å². The summed E-state index contributed by atoms with van der Waals surface area (Å²) in [5, 5.41) is 5.62. The molecule has 0 aromatic heterocycles. The van der Waals surface area contributed by atoms with E-state index in [0.717, 1.165) is 0 Å². The molecule has 1 saturated heterocycles. The van der Waals surface area contributed by atoms with Gasteiger partial charge in [0.2, 0.25) is 0 Å². The standard InChI is InChI=1S/C14H18ClFN2O3S/c1-2-22(20,21)9-3-4-11(15)10(7-9)14(19)18-13-5-6-17-8-12(13)16/h3-4,7,12-13,17H,2,5-6,8H2,1H3,(H,18,19). The normalized spacial score (nSPS) is 22.3. The van der Waals surface area contributed by atoms with Gasteiger partial charge in [-0.25, -0.2) is 12.8 Å². The van der Waals surface area contributed by atoms with Crippen LogP contribution < -0.4 is 10.6 Å². The quantitative estimate of drug-likeness (QED) is 0.866. The minimum atomic E-state index is -3.44. The fourth-order valence-electron chi connectivity index (χ4n) is 2.27. The molecule has 1 aliphatic heterocycles. The maximum Gasteiger partial charge on any atom is 0.253 e. The number of carbonyl (C=O) groups is 1. The van der Waals surface area contributed by atoms with Crippen molar-refractivity contribution >= 4 is 27.3 Å². The Hall–Kier alpha value is -1.18. The predicted molar refractivity (Wildman–Crippen MR) is 82.8 cm³/mol. The highest BCUT2D eigenvalue weighted by atomic mass is 35.5. The third-order valence-electron chi connectivity index (χ3n) is 3.65. The number of hydrogen-bond donors (Lipinski definition) is 2. The number of benzene rings is 1. The van der Waals surface area contributed by atoms with Gasteiger partial charge in [0.15, 0.2) is 9.84 Å². The van der Waals surface area contributed by atoms with E-state index < -0.39 is 28.0 Å². The lowest BCUT2D eigenvalue weighted by atomic mass is 10.0. The number of rotatable bonds is 4. The summed E-state index contributed by atoms with van der Waals surface area (Å²) in [5.41, 5.74) is 0.0434. The van der Waals surface area contributed by atoms with E-state index in [9.17, 15) is 17.6 Å². The smallest absolute Gasteiger partial charge is 0.253 e. The van der Waals surface area contributed by atoms with E-state index in [1.165, 1.54) is 25.1 Å². The summed E-state index contributed by atoms with van der Waals surface area (Å²) in [6.07, 6.45) is -0.712. The molecule has 2 atom stereocenters. The fraction of sp³-hybridized carbons (Fsp3) is 0.500. The zero-order valence-corrected chi connectivity index (χ0v) is 13.7. The van der Waals surface area contributed by atoms with Crippen molar-refractivity contribution in [1.82, 2.24) is 10.6 Å². The molecule has 0 bridgehead atoms. The van der Waals surface area contributed by atoms with Crippen LogP contribution in [0.5, 0.6) is 0 Å². The predicted octanol–water partition coefficient (Wildman–Crippen LogP) is 1.56. The number of nitrogens with one attached hydrogen (secondary N) is 2. The molecule has 2 rings (SSSR count). The van der Waals surface area contributed by atoms with E-state index in [1.54, 1.807) is 0 Å². The van der Waals surface area contributed by atoms with Gasteiger partial charge >= 0.3 is 0 Å². The second-order valence-electron chi connectivity index (χ2n) is 5.13. The summed E-state index contributed by atoms with van der Waals surface area (Å²) >= 11 is 5.98. The van der Waals surface area contributed by atoms with Gasteiger partial charge in [0.25, 0.3) is 5.91 Å². The largest absolute Gasteiger partial charge is 0.346 e. The van der Waals surface area contributed by atoms with E-state index in [4.69, 9.17) is 11.6 Å². The monoisotopic (exact) mass is 348 g/mol. The molecule has 1 amide bonds. The third kappa shape index (κ3) is 3.77. The van der Waals surface area contributed by atoms with Gasteiger partial charge in [-0.15, -0.1) is 0 Å². The fourth-order valence-corrected chi connectivity index (χ4v) is 3.38. The molecule has 0 aliphatic carbocycles. The van der Waals surface area contributed by atoms with E-state index in [1.807, 2.05) is 0 Å². The molecule has 1 aromatic carbocycles. The summed E-state index contributed by atoms with van der Waals surface area (Å²) in [7, 11) is -3.44. The highest BCUT2D eigenvalue weighted by molar-refractivity contribution is 7.91. The number of carbonyl (C=O) groups excluding carboxylic acids is 1. The first-order valence-corrected chi connectivity index (χ1v) is 9.06. The van der Waals surface area contributed by atoms with Crippen molar-refractivity contribution in [3.63, 3.8) is 0 Å². The molecule has 122 valence electrons. The van der Waals surface area contributed by atoms with Gasteiger partial charge in [-0.05, 0) is 31.2 Å². The van der Waals surface area contributed by atoms with Gasteiger partial charge in [-0.2, -0.15) is 0 Å². The SMILES string of the molecule is CCS(=O)(=O)c1ccc(Cl)c(C(=O)NC2CCNCC2F)c1. The van der Waals surface area contributed by atoms with Crippen LogP contribution in [0, 0.1) is 0 Å². The van der Waals surface area contributed by atoms with Crippen LogP contribution in [-0.2, 0) is 9.84 Å². The molecule has 1 aliphatic rings. The molecule has 0 radical (unpaired) electrons. The van der Waals surface area contributed by atoms with Crippen molar-refractivity contribution < 1.29 is 17.6 Å². The highest BCUT2D eigenvalue weighted by Crippen LogP contribution is 2.22. The molecule has 0 spiro atoms. The Morgan fingerprint density at radius 3 is 2.86 bits per heavy atom. The second-order valence-corrected chi connectivity index (χ2v) is 7.82. The summed E-state index contributed by atoms with van der Waals surface area (Å²) in [4.78, 5) is 12.3. The van der Waals surface area contributed by atoms with E-state index in [-0.39, 0.29) is 27.8 Å². The van der Waals surface area contributed by atoms with Gasteiger partial charge in [-0.1, -0.05) is 18.5 Å². The first-order valence-electron chi connectivity index (χ1n) is 7.03. The van der Waals surface area contributed by atoms with Crippen molar-refractivity contribution in [3.05, 3.63) is 28.8 Å². The zero-order chi connectivity index (χ0) is 16.3. The molecular weight excluding hydrogens is 331 g/mol. The second kappa shape index (κ2) is 6.93. The first-order chi connectivity index (χ1) is 10.3. The molecule has 0 saturated carbocycles. The summed E-state index contributed by atoms with van der Waals surface area (Å²) in [5.74, 6) is -0.635. The van der Waals surface area contributed by atoms with Crippen LogP contribution in [0.3, 0.4) is 0 Å². The van der Waals surface area contributed by atoms with Crippen LogP contribution in [0.2, 0.25) is 5.02 Å². The van der Waals surface area contributed by atoms with E-state index in [2.05, 4.69) is 10.6 Å². The van der Waals surface area contributed by atoms with Gasteiger partial charge < -0.3 is 10.6 Å². The summed E-state index contributed by atoms with van der Waals surface area (Å²) in [6, 6.07) is 3.37. The highest BCUT2D eigenvalue weighted by Gasteiger charge is 2.27. The van der Waals surface area contributed by atoms with Crippen molar-refractivity contribution in [2.75, 3.05) is 18.8 Å². The first kappa shape index (κ1) is 17.2. The Balaban J connectivity index is 2.23. The number of alkyl halides is 1. The van der Waals surface area contributed by atoms with Gasteiger partial charge in [0, 0.05) is 6.54 Å². The summed E-state index contributed by atoms with van der Waals surface area (Å²) < 4.78 is 37.5. The molecule has 2 unspecified atom stereocenters. The van der Waals surface area contributed by atoms with Crippen molar-refractivity contribution in [2.24, 2.45) is 0 Å². The molecule has 5 nitrogen and oxygen atoms in total. The summed E-state index contributed by atoms with van der Waals surface area (Å²) in [6.45, 7) is 2.32. The number of piperidine rings is 1. The third-order valence-corrected chi connectivity index (χ3v) is 5.71. The van der Waals surface area contributed by atoms with Crippen LogP contribution in [0.25, 0.3) is 0 Å². The molecule has 2 N–H and O–H groups in total. The van der Waals surface area contributed by atoms with E-state index in [0.29, 0.717) is 13.0 Å². The van der Waals surface area contributed by atoms with Crippen LogP contribution >= 0.6 is 11.6 Å². The molecular formula is C14H18ClFN2O3S. The minimum absolute atomic E-state index is 0.0339. The Morgan fingerprint density at radius 2 is 2.23 bits per heavy atom. The topological polar surface area (TPSA) is 75.3 Å². The molecule has 1 heterocycles. The average Bonchev–Trinajstić information content (AvgIpc) is 2.49. The van der Waals surface area contributed by atoms with Crippen LogP contribution in [0.4, 0.5) is 4.39 Å². The van der Waals surface area contributed by atoms with Crippen LogP contribution in [0.1, 0.15) is 23.7 Å². The number of sulfone groups is 1. The van der Waals surface area contributed by atoms with Crippen molar-refractivity contribution in [2.45, 2.75) is 30.5 Å². The van der Waals surface area contributed by atoms with Crippen molar-refractivity contribution in [1.29, 1.82) is 0 Å². The minimum Gasteiger partial charge on any atom is -0.346 e. The van der Waals surface area contributed by atoms with Crippen LogP contribution in [-0.4, -0.2) is 45.4 Å². The maximum atomic E-state index is 13.7. The Kier molecular flexibility index (Phi) is 5.41. The number of halogens is 2. The lowest BCUT2D eigenvalue weighted by molar-refractivity contribution is 0.0892.